The molecule has 0 aliphatic heterocycles. The van der Waals surface area contributed by atoms with Crippen LogP contribution in [0.15, 0.2) is 42.5 Å². The number of hydrogen-bond acceptors (Lipinski definition) is 5. The minimum Gasteiger partial charge on any atom is -0.508 e. The summed E-state index contributed by atoms with van der Waals surface area (Å²) in [5.74, 6) is -3.93. The molecule has 2 atom stereocenters. The van der Waals surface area contributed by atoms with Gasteiger partial charge in [0.25, 0.3) is 0 Å². The van der Waals surface area contributed by atoms with Gasteiger partial charge in [-0.15, -0.1) is 0 Å². The molecule has 3 rings (SSSR count). The summed E-state index contributed by atoms with van der Waals surface area (Å²) in [5, 5.41) is 20.0. The Morgan fingerprint density at radius 1 is 1.13 bits per heavy atom. The van der Waals surface area contributed by atoms with Crippen LogP contribution in [-0.4, -0.2) is 36.5 Å². The van der Waals surface area contributed by atoms with E-state index in [1.165, 1.54) is 12.1 Å². The number of phenolic OH excluding ortho intramolecular Hbond substituents is 1. The molecule has 2 aromatic carbocycles. The number of benzene rings is 2. The van der Waals surface area contributed by atoms with Gasteiger partial charge in [-0.2, -0.15) is 21.6 Å². The molecule has 10 heteroatoms. The van der Waals surface area contributed by atoms with Crippen LogP contribution < -0.4 is 4.18 Å². The molecule has 0 bridgehead atoms. The largest absolute Gasteiger partial charge is 0.508 e. The van der Waals surface area contributed by atoms with E-state index in [9.17, 15) is 36.6 Å². The van der Waals surface area contributed by atoms with Crippen molar-refractivity contribution < 1.29 is 40.8 Å². The average Bonchev–Trinajstić information content (AvgIpc) is 3.01. The van der Waals surface area contributed by atoms with Crippen LogP contribution in [0.2, 0.25) is 0 Å². The number of alkyl halides is 3. The van der Waals surface area contributed by atoms with Gasteiger partial charge in [-0.1, -0.05) is 24.3 Å². The maximum atomic E-state index is 12.2. The molecule has 1 aliphatic carbocycles. The van der Waals surface area contributed by atoms with Gasteiger partial charge in [0.1, 0.15) is 11.5 Å². The standard InChI is InChI=1S/C20H19F3O6S/c21-20(22,23)8-3-9-30(27,28)29-13-6-7-17(24)15(11-13)18-14-5-2-1-4-12(14)10-16(18)19(25)26/h1-2,4-7,11,16,18,24H,3,8-10H2,(H,25,26)/t16-,18+/m1/s1. The lowest BCUT2D eigenvalue weighted by Crippen LogP contribution is -2.20. The lowest BCUT2D eigenvalue weighted by molar-refractivity contribution is -0.141. The van der Waals surface area contributed by atoms with Crippen molar-refractivity contribution in [3.05, 3.63) is 59.2 Å². The van der Waals surface area contributed by atoms with Crippen LogP contribution in [0, 0.1) is 5.92 Å². The zero-order chi connectivity index (χ0) is 22.1. The van der Waals surface area contributed by atoms with Crippen LogP contribution >= 0.6 is 0 Å². The van der Waals surface area contributed by atoms with Crippen LogP contribution in [0.25, 0.3) is 0 Å². The summed E-state index contributed by atoms with van der Waals surface area (Å²) in [6, 6.07) is 10.6. The van der Waals surface area contributed by atoms with Crippen LogP contribution in [0.3, 0.4) is 0 Å². The average molecular weight is 444 g/mol. The molecule has 0 saturated heterocycles. The van der Waals surface area contributed by atoms with Crippen LogP contribution in [-0.2, 0) is 21.3 Å². The normalized spacial score (nSPS) is 18.8. The third-order valence-corrected chi connectivity index (χ3v) is 6.20. The Labute approximate surface area is 171 Å². The first-order valence-electron chi connectivity index (χ1n) is 9.09. The van der Waals surface area contributed by atoms with E-state index in [1.807, 2.05) is 0 Å². The summed E-state index contributed by atoms with van der Waals surface area (Å²) >= 11 is 0. The number of halogens is 3. The topological polar surface area (TPSA) is 101 Å². The van der Waals surface area contributed by atoms with Gasteiger partial charge in [0.2, 0.25) is 0 Å². The van der Waals surface area contributed by atoms with E-state index < -0.39 is 52.7 Å². The molecule has 2 aromatic rings. The Bertz CT molecular complexity index is 1050. The molecule has 0 amide bonds. The highest BCUT2D eigenvalue weighted by molar-refractivity contribution is 7.87. The molecule has 162 valence electrons. The summed E-state index contributed by atoms with van der Waals surface area (Å²) in [7, 11) is -4.30. The van der Waals surface area contributed by atoms with Crippen molar-refractivity contribution in [2.45, 2.75) is 31.4 Å². The van der Waals surface area contributed by atoms with Gasteiger partial charge in [0.15, 0.2) is 0 Å². The summed E-state index contributed by atoms with van der Waals surface area (Å²) in [6.07, 6.45) is -6.12. The number of phenols is 1. The van der Waals surface area contributed by atoms with E-state index in [0.717, 1.165) is 11.6 Å². The molecule has 1 aliphatic rings. The molecular weight excluding hydrogens is 425 g/mol. The van der Waals surface area contributed by atoms with Crippen molar-refractivity contribution in [3.63, 3.8) is 0 Å². The van der Waals surface area contributed by atoms with E-state index >= 15 is 0 Å². The number of carbonyl (C=O) groups is 1. The number of carboxylic acids is 1. The van der Waals surface area contributed by atoms with E-state index in [0.29, 0.717) is 5.56 Å². The predicted octanol–water partition coefficient (Wildman–Crippen LogP) is 3.83. The molecular formula is C20H19F3O6S. The smallest absolute Gasteiger partial charge is 0.389 e. The van der Waals surface area contributed by atoms with Gasteiger partial charge in [-0.25, -0.2) is 0 Å². The van der Waals surface area contributed by atoms with E-state index in [1.54, 1.807) is 24.3 Å². The minimum atomic E-state index is -4.47. The number of rotatable bonds is 7. The van der Waals surface area contributed by atoms with Crippen LogP contribution in [0.1, 0.15) is 35.4 Å². The van der Waals surface area contributed by atoms with Gasteiger partial charge in [-0.3, -0.25) is 4.79 Å². The second-order valence-corrected chi connectivity index (χ2v) is 8.80. The zero-order valence-electron chi connectivity index (χ0n) is 15.6. The Morgan fingerprint density at radius 3 is 2.50 bits per heavy atom. The van der Waals surface area contributed by atoms with E-state index in [-0.39, 0.29) is 23.5 Å². The first-order valence-corrected chi connectivity index (χ1v) is 10.7. The molecule has 0 fully saturated rings. The molecule has 6 nitrogen and oxygen atoms in total. The first-order chi connectivity index (χ1) is 14.0. The van der Waals surface area contributed by atoms with E-state index in [4.69, 9.17) is 4.18 Å². The Kier molecular flexibility index (Phi) is 5.98. The van der Waals surface area contributed by atoms with Crippen LogP contribution in [0.4, 0.5) is 13.2 Å². The molecule has 2 N–H and O–H groups in total. The van der Waals surface area contributed by atoms with Crippen molar-refractivity contribution in [2.75, 3.05) is 5.75 Å². The lowest BCUT2D eigenvalue weighted by atomic mass is 9.85. The number of fused-ring (bicyclic) bond motifs is 1. The Balaban J connectivity index is 1.87. The fraction of sp³-hybridized carbons (Fsp3) is 0.350. The quantitative estimate of drug-likeness (QED) is 0.630. The summed E-state index contributed by atoms with van der Waals surface area (Å²) in [6.45, 7) is 0. The van der Waals surface area contributed by atoms with Crippen molar-refractivity contribution in [3.8, 4) is 11.5 Å². The van der Waals surface area contributed by atoms with Gasteiger partial charge in [-0.05, 0) is 42.2 Å². The number of carboxylic acid groups (broad SMARTS) is 1. The first kappa shape index (κ1) is 21.9. The maximum absolute atomic E-state index is 12.2. The predicted molar refractivity (Wildman–Crippen MR) is 101 cm³/mol. The van der Waals surface area contributed by atoms with Gasteiger partial charge in [0.05, 0.1) is 11.7 Å². The second kappa shape index (κ2) is 8.17. The van der Waals surface area contributed by atoms with E-state index in [2.05, 4.69) is 0 Å². The molecule has 0 unspecified atom stereocenters. The maximum Gasteiger partial charge on any atom is 0.389 e. The fourth-order valence-corrected chi connectivity index (χ4v) is 4.66. The molecule has 0 radical (unpaired) electrons. The number of aliphatic carboxylic acids is 1. The van der Waals surface area contributed by atoms with Gasteiger partial charge < -0.3 is 14.4 Å². The fourth-order valence-electron chi connectivity index (χ4n) is 3.68. The van der Waals surface area contributed by atoms with Gasteiger partial charge >= 0.3 is 22.3 Å². The highest BCUT2D eigenvalue weighted by atomic mass is 32.2. The molecule has 0 spiro atoms. The summed E-state index contributed by atoms with van der Waals surface area (Å²) in [5.41, 5.74) is 1.68. The molecule has 30 heavy (non-hydrogen) atoms. The summed E-state index contributed by atoms with van der Waals surface area (Å²) in [4.78, 5) is 11.8. The SMILES string of the molecule is O=C(O)[C@@H]1Cc2ccccc2[C@H]1c1cc(OS(=O)(=O)CCCC(F)(F)F)ccc1O. The lowest BCUT2D eigenvalue weighted by Gasteiger charge is -2.20. The summed E-state index contributed by atoms with van der Waals surface area (Å²) < 4.78 is 65.7. The monoisotopic (exact) mass is 444 g/mol. The van der Waals surface area contributed by atoms with Crippen molar-refractivity contribution in [1.29, 1.82) is 0 Å². The van der Waals surface area contributed by atoms with Crippen molar-refractivity contribution in [1.82, 2.24) is 0 Å². The van der Waals surface area contributed by atoms with Crippen LogP contribution in [0.5, 0.6) is 11.5 Å². The third-order valence-electron chi connectivity index (χ3n) is 4.96. The molecule has 0 heterocycles. The number of hydrogen-bond donors (Lipinski definition) is 2. The second-order valence-electron chi connectivity index (χ2n) is 7.11. The third kappa shape index (κ3) is 5.05. The van der Waals surface area contributed by atoms with Crippen molar-refractivity contribution >= 4 is 16.1 Å². The highest BCUT2D eigenvalue weighted by Crippen LogP contribution is 2.46. The molecule has 0 saturated carbocycles. The minimum absolute atomic E-state index is 0.176. The highest BCUT2D eigenvalue weighted by Gasteiger charge is 2.39. The number of aromatic hydroxyl groups is 1. The van der Waals surface area contributed by atoms with Gasteiger partial charge in [0, 0.05) is 17.9 Å². The zero-order valence-corrected chi connectivity index (χ0v) is 16.4. The Hall–Kier alpha value is -2.75. The molecule has 0 aromatic heterocycles. The van der Waals surface area contributed by atoms with Crippen molar-refractivity contribution in [2.24, 2.45) is 5.92 Å². The Morgan fingerprint density at radius 2 is 1.83 bits per heavy atom.